The molecule has 1 aromatic heterocycles. The molecule has 0 unspecified atom stereocenters. The zero-order valence-corrected chi connectivity index (χ0v) is 13.0. The van der Waals surface area contributed by atoms with E-state index in [1.54, 1.807) is 17.0 Å². The van der Waals surface area contributed by atoms with Gasteiger partial charge in [0, 0.05) is 18.7 Å². The summed E-state index contributed by atoms with van der Waals surface area (Å²) in [5.41, 5.74) is 2.17. The average Bonchev–Trinajstić information content (AvgIpc) is 3.24. The third kappa shape index (κ3) is 3.13. The van der Waals surface area contributed by atoms with Crippen molar-refractivity contribution in [1.29, 1.82) is 0 Å². The van der Waals surface area contributed by atoms with E-state index >= 15 is 0 Å². The largest absolute Gasteiger partial charge is 0.481 e. The predicted molar refractivity (Wildman–Crippen MR) is 85.2 cm³/mol. The number of carboxylic acids is 1. The summed E-state index contributed by atoms with van der Waals surface area (Å²) < 4.78 is 5.67. The lowest BCUT2D eigenvalue weighted by Gasteiger charge is -2.13. The van der Waals surface area contributed by atoms with Crippen LogP contribution in [0, 0.1) is 5.92 Å². The van der Waals surface area contributed by atoms with Crippen molar-refractivity contribution in [1.82, 2.24) is 4.90 Å². The standard InChI is InChI=1S/C18H19NO4/c1-2-12-3-5-13(6-4-12)15-7-8-16(23-15)17(20)19-10-9-14(11-19)18(21)22/h3-8,14H,2,9-11H2,1H3,(H,21,22)/t14-/m0/s1. The van der Waals surface area contributed by atoms with E-state index in [2.05, 4.69) is 6.92 Å². The number of likely N-dealkylation sites (tertiary alicyclic amines) is 1. The summed E-state index contributed by atoms with van der Waals surface area (Å²) in [4.78, 5) is 24.9. The Kier molecular flexibility index (Phi) is 4.19. The van der Waals surface area contributed by atoms with Crippen LogP contribution in [0.5, 0.6) is 0 Å². The van der Waals surface area contributed by atoms with Crippen molar-refractivity contribution < 1.29 is 19.1 Å². The second kappa shape index (κ2) is 6.28. The molecule has 0 saturated carbocycles. The lowest BCUT2D eigenvalue weighted by molar-refractivity contribution is -0.141. The van der Waals surface area contributed by atoms with Crippen LogP contribution in [-0.2, 0) is 11.2 Å². The smallest absolute Gasteiger partial charge is 0.308 e. The van der Waals surface area contributed by atoms with E-state index in [1.807, 2.05) is 24.3 Å². The van der Waals surface area contributed by atoms with E-state index < -0.39 is 11.9 Å². The molecule has 5 heteroatoms. The number of hydrogen-bond donors (Lipinski definition) is 1. The van der Waals surface area contributed by atoms with Gasteiger partial charge in [-0.3, -0.25) is 9.59 Å². The zero-order chi connectivity index (χ0) is 16.4. The van der Waals surface area contributed by atoms with Gasteiger partial charge in [-0.15, -0.1) is 0 Å². The Hall–Kier alpha value is -2.56. The molecule has 1 atom stereocenters. The highest BCUT2D eigenvalue weighted by molar-refractivity contribution is 5.92. The molecule has 23 heavy (non-hydrogen) atoms. The summed E-state index contributed by atoms with van der Waals surface area (Å²) in [7, 11) is 0. The van der Waals surface area contributed by atoms with E-state index in [0.717, 1.165) is 12.0 Å². The van der Waals surface area contributed by atoms with Crippen LogP contribution in [0.1, 0.15) is 29.5 Å². The summed E-state index contributed by atoms with van der Waals surface area (Å²) in [6.45, 7) is 2.80. The van der Waals surface area contributed by atoms with Gasteiger partial charge in [0.1, 0.15) is 5.76 Å². The van der Waals surface area contributed by atoms with Gasteiger partial charge in [0.25, 0.3) is 5.91 Å². The lowest BCUT2D eigenvalue weighted by atomic mass is 10.1. The van der Waals surface area contributed by atoms with Crippen molar-refractivity contribution in [3.05, 3.63) is 47.7 Å². The van der Waals surface area contributed by atoms with Crippen molar-refractivity contribution in [2.75, 3.05) is 13.1 Å². The molecule has 2 aromatic rings. The Balaban J connectivity index is 1.73. The highest BCUT2D eigenvalue weighted by atomic mass is 16.4. The molecule has 5 nitrogen and oxygen atoms in total. The SMILES string of the molecule is CCc1ccc(-c2ccc(C(=O)N3CC[C@H](C(=O)O)C3)o2)cc1. The molecule has 1 fully saturated rings. The Labute approximate surface area is 134 Å². The molecule has 1 aromatic carbocycles. The minimum atomic E-state index is -0.851. The van der Waals surface area contributed by atoms with E-state index in [4.69, 9.17) is 9.52 Å². The number of nitrogens with zero attached hydrogens (tertiary/aromatic N) is 1. The molecule has 1 N–H and O–H groups in total. The van der Waals surface area contributed by atoms with Gasteiger partial charge in [-0.2, -0.15) is 0 Å². The number of furan rings is 1. The maximum atomic E-state index is 12.4. The van der Waals surface area contributed by atoms with Gasteiger partial charge < -0.3 is 14.4 Å². The van der Waals surface area contributed by atoms with Crippen molar-refractivity contribution >= 4 is 11.9 Å². The number of carbonyl (C=O) groups is 2. The Morgan fingerprint density at radius 3 is 2.57 bits per heavy atom. The monoisotopic (exact) mass is 313 g/mol. The molecule has 1 saturated heterocycles. The number of amides is 1. The highest BCUT2D eigenvalue weighted by Gasteiger charge is 2.32. The van der Waals surface area contributed by atoms with E-state index in [0.29, 0.717) is 18.7 Å². The highest BCUT2D eigenvalue weighted by Crippen LogP contribution is 2.25. The van der Waals surface area contributed by atoms with Gasteiger partial charge in [-0.1, -0.05) is 31.2 Å². The fraction of sp³-hybridized carbons (Fsp3) is 0.333. The molecule has 1 aliphatic heterocycles. The van der Waals surface area contributed by atoms with Crippen molar-refractivity contribution in [3.63, 3.8) is 0 Å². The molecule has 1 aliphatic rings. The quantitative estimate of drug-likeness (QED) is 0.941. The molecule has 1 amide bonds. The molecule has 2 heterocycles. The zero-order valence-electron chi connectivity index (χ0n) is 13.0. The minimum Gasteiger partial charge on any atom is -0.481 e. The molecule has 0 aliphatic carbocycles. The number of aliphatic carboxylic acids is 1. The summed E-state index contributed by atoms with van der Waals surface area (Å²) in [6.07, 6.45) is 1.47. The molecule has 0 bridgehead atoms. The van der Waals surface area contributed by atoms with Gasteiger partial charge in [0.05, 0.1) is 5.92 Å². The van der Waals surface area contributed by atoms with Crippen molar-refractivity contribution in [2.45, 2.75) is 19.8 Å². The van der Waals surface area contributed by atoms with Crippen LogP contribution in [0.25, 0.3) is 11.3 Å². The first-order valence-corrected chi connectivity index (χ1v) is 7.79. The molecular weight excluding hydrogens is 294 g/mol. The van der Waals surface area contributed by atoms with Gasteiger partial charge in [0.15, 0.2) is 5.76 Å². The third-order valence-electron chi connectivity index (χ3n) is 4.29. The lowest BCUT2D eigenvalue weighted by Crippen LogP contribution is -2.29. The number of rotatable bonds is 4. The number of aryl methyl sites for hydroxylation is 1. The molecule has 0 radical (unpaired) electrons. The maximum Gasteiger partial charge on any atom is 0.308 e. The Morgan fingerprint density at radius 2 is 1.96 bits per heavy atom. The fourth-order valence-electron chi connectivity index (χ4n) is 2.81. The molecule has 3 rings (SSSR count). The van der Waals surface area contributed by atoms with Crippen LogP contribution in [0.3, 0.4) is 0 Å². The van der Waals surface area contributed by atoms with Crippen molar-refractivity contribution in [2.24, 2.45) is 5.92 Å². The summed E-state index contributed by atoms with van der Waals surface area (Å²) in [6, 6.07) is 11.5. The second-order valence-electron chi connectivity index (χ2n) is 5.79. The number of carbonyl (C=O) groups excluding carboxylic acids is 1. The third-order valence-corrected chi connectivity index (χ3v) is 4.29. The van der Waals surface area contributed by atoms with E-state index in [9.17, 15) is 9.59 Å². The first-order valence-electron chi connectivity index (χ1n) is 7.79. The summed E-state index contributed by atoms with van der Waals surface area (Å²) in [5.74, 6) is -0.674. The Bertz CT molecular complexity index is 717. The van der Waals surface area contributed by atoms with Crippen LogP contribution in [0.15, 0.2) is 40.8 Å². The normalized spacial score (nSPS) is 17.4. The molecule has 0 spiro atoms. The van der Waals surface area contributed by atoms with E-state index in [-0.39, 0.29) is 18.2 Å². The Morgan fingerprint density at radius 1 is 1.22 bits per heavy atom. The number of benzene rings is 1. The van der Waals surface area contributed by atoms with Crippen molar-refractivity contribution in [3.8, 4) is 11.3 Å². The first-order chi connectivity index (χ1) is 11.1. The maximum absolute atomic E-state index is 12.4. The average molecular weight is 313 g/mol. The summed E-state index contributed by atoms with van der Waals surface area (Å²) >= 11 is 0. The number of hydrogen-bond acceptors (Lipinski definition) is 3. The summed E-state index contributed by atoms with van der Waals surface area (Å²) in [5, 5.41) is 9.02. The van der Waals surface area contributed by atoms with Gasteiger partial charge in [0.2, 0.25) is 0 Å². The van der Waals surface area contributed by atoms with Crippen LogP contribution in [0.2, 0.25) is 0 Å². The van der Waals surface area contributed by atoms with Gasteiger partial charge in [-0.05, 0) is 30.5 Å². The topological polar surface area (TPSA) is 70.8 Å². The van der Waals surface area contributed by atoms with Crippen LogP contribution in [0.4, 0.5) is 0 Å². The van der Waals surface area contributed by atoms with Crippen LogP contribution in [-0.4, -0.2) is 35.0 Å². The molecular formula is C18H19NO4. The fourth-order valence-corrected chi connectivity index (χ4v) is 2.81. The minimum absolute atomic E-state index is 0.245. The molecule has 120 valence electrons. The predicted octanol–water partition coefficient (Wildman–Crippen LogP) is 3.06. The van der Waals surface area contributed by atoms with E-state index in [1.165, 1.54) is 5.56 Å². The second-order valence-corrected chi connectivity index (χ2v) is 5.79. The van der Waals surface area contributed by atoms with Crippen LogP contribution >= 0.6 is 0 Å². The first kappa shape index (κ1) is 15.3. The number of carboxylic acid groups (broad SMARTS) is 1. The van der Waals surface area contributed by atoms with Gasteiger partial charge in [-0.25, -0.2) is 0 Å². The van der Waals surface area contributed by atoms with Crippen LogP contribution < -0.4 is 0 Å². The van der Waals surface area contributed by atoms with Gasteiger partial charge >= 0.3 is 5.97 Å².